The highest BCUT2D eigenvalue weighted by Crippen LogP contribution is 2.09. The van der Waals surface area contributed by atoms with Gasteiger partial charge >= 0.3 is 6.03 Å². The number of urea groups is 1. The van der Waals surface area contributed by atoms with Gasteiger partial charge in [0.25, 0.3) is 0 Å². The summed E-state index contributed by atoms with van der Waals surface area (Å²) in [6, 6.07) is 7.43. The molecule has 2 rings (SSSR count). The van der Waals surface area contributed by atoms with E-state index in [2.05, 4.69) is 15.7 Å². The summed E-state index contributed by atoms with van der Waals surface area (Å²) in [7, 11) is 0. The lowest BCUT2D eigenvalue weighted by molar-refractivity contribution is 0.218. The molecule has 7 heteroatoms. The number of aliphatic hydroxyl groups excluding tert-OH is 1. The fraction of sp³-hybridized carbons (Fsp3) is 0.412. The molecule has 0 radical (unpaired) electrons. The summed E-state index contributed by atoms with van der Waals surface area (Å²) in [5.41, 5.74) is 1.44. The zero-order chi connectivity index (χ0) is 17.5. The van der Waals surface area contributed by atoms with Crippen molar-refractivity contribution in [1.29, 1.82) is 0 Å². The second-order valence-electron chi connectivity index (χ2n) is 5.92. The lowest BCUT2D eigenvalue weighted by atomic mass is 10.0. The molecule has 2 aromatic rings. The maximum absolute atomic E-state index is 12.9. The van der Waals surface area contributed by atoms with E-state index in [0.29, 0.717) is 12.1 Å². The minimum Gasteiger partial charge on any atom is -0.396 e. The maximum atomic E-state index is 12.9. The zero-order valence-electron chi connectivity index (χ0n) is 13.9. The van der Waals surface area contributed by atoms with Crippen LogP contribution in [0.1, 0.15) is 26.0 Å². The number of benzene rings is 1. The van der Waals surface area contributed by atoms with Gasteiger partial charge < -0.3 is 15.7 Å². The van der Waals surface area contributed by atoms with Gasteiger partial charge in [-0.3, -0.25) is 0 Å². The van der Waals surface area contributed by atoms with Gasteiger partial charge in [-0.15, -0.1) is 0 Å². The first kappa shape index (κ1) is 17.9. The molecule has 1 heterocycles. The minimum absolute atomic E-state index is 0.0329. The number of nitrogens with zero attached hydrogens (tertiary/aromatic N) is 2. The van der Waals surface area contributed by atoms with E-state index in [0.717, 1.165) is 5.69 Å². The van der Waals surface area contributed by atoms with Crippen LogP contribution in [-0.2, 0) is 6.54 Å². The van der Waals surface area contributed by atoms with Crippen molar-refractivity contribution in [2.75, 3.05) is 6.61 Å². The van der Waals surface area contributed by atoms with Gasteiger partial charge in [0.2, 0.25) is 0 Å². The normalized spacial score (nSPS) is 12.2. The van der Waals surface area contributed by atoms with Crippen LogP contribution in [0.15, 0.2) is 36.5 Å². The first-order chi connectivity index (χ1) is 11.5. The van der Waals surface area contributed by atoms with E-state index < -0.39 is 0 Å². The van der Waals surface area contributed by atoms with E-state index in [1.165, 1.54) is 12.1 Å². The van der Waals surface area contributed by atoms with Crippen LogP contribution in [0, 0.1) is 11.7 Å². The fourth-order valence-electron chi connectivity index (χ4n) is 2.30. The van der Waals surface area contributed by atoms with E-state index in [4.69, 9.17) is 5.11 Å². The summed E-state index contributed by atoms with van der Waals surface area (Å²) in [5.74, 6) is -0.0624. The second-order valence-corrected chi connectivity index (χ2v) is 5.92. The standard InChI is InChI=1S/C17H23FN4O2/c1-12(2)16(8-10-23)20-17(24)19-11-14-7-9-22(21-14)15-5-3-13(18)4-6-15/h3-7,9,12,16,23H,8,10-11H2,1-2H3,(H2,19,20,24). The second kappa shape index (κ2) is 8.44. The Kier molecular flexibility index (Phi) is 6.31. The Morgan fingerprint density at radius 2 is 2.00 bits per heavy atom. The van der Waals surface area contributed by atoms with Gasteiger partial charge in [-0.1, -0.05) is 13.8 Å². The Hall–Kier alpha value is -2.41. The Balaban J connectivity index is 1.88. The predicted octanol–water partition coefficient (Wildman–Crippen LogP) is 2.22. The number of carbonyl (C=O) groups excluding carboxylic acids is 1. The molecule has 1 atom stereocenters. The van der Waals surface area contributed by atoms with Gasteiger partial charge in [0.05, 0.1) is 17.9 Å². The first-order valence-electron chi connectivity index (χ1n) is 7.95. The molecular weight excluding hydrogens is 311 g/mol. The predicted molar refractivity (Wildman–Crippen MR) is 89.2 cm³/mol. The summed E-state index contributed by atoms with van der Waals surface area (Å²) < 4.78 is 14.6. The third-order valence-corrected chi connectivity index (χ3v) is 3.73. The van der Waals surface area contributed by atoms with Gasteiger partial charge in [0.15, 0.2) is 0 Å². The Labute approximate surface area is 140 Å². The third-order valence-electron chi connectivity index (χ3n) is 3.73. The molecule has 130 valence electrons. The summed E-state index contributed by atoms with van der Waals surface area (Å²) in [4.78, 5) is 11.9. The number of aliphatic hydroxyl groups is 1. The van der Waals surface area contributed by atoms with Crippen molar-refractivity contribution in [3.05, 3.63) is 48.0 Å². The Morgan fingerprint density at radius 3 is 2.62 bits per heavy atom. The number of nitrogens with one attached hydrogen (secondary N) is 2. The van der Waals surface area contributed by atoms with Gasteiger partial charge in [-0.2, -0.15) is 5.10 Å². The highest BCUT2D eigenvalue weighted by Gasteiger charge is 2.15. The molecule has 0 bridgehead atoms. The molecule has 3 N–H and O–H groups in total. The van der Waals surface area contributed by atoms with Gasteiger partial charge in [-0.25, -0.2) is 13.9 Å². The van der Waals surface area contributed by atoms with Gasteiger partial charge in [0.1, 0.15) is 5.82 Å². The SMILES string of the molecule is CC(C)C(CCO)NC(=O)NCc1ccn(-c2ccc(F)cc2)n1. The van der Waals surface area contributed by atoms with Crippen molar-refractivity contribution in [2.24, 2.45) is 5.92 Å². The summed E-state index contributed by atoms with van der Waals surface area (Å²) in [6.45, 7) is 4.30. The highest BCUT2D eigenvalue weighted by atomic mass is 19.1. The minimum atomic E-state index is -0.299. The molecule has 6 nitrogen and oxygen atoms in total. The summed E-state index contributed by atoms with van der Waals surface area (Å²) >= 11 is 0. The number of amides is 2. The van der Waals surface area contributed by atoms with Crippen LogP contribution in [0.3, 0.4) is 0 Å². The van der Waals surface area contributed by atoms with E-state index in [1.807, 2.05) is 13.8 Å². The maximum Gasteiger partial charge on any atom is 0.315 e. The van der Waals surface area contributed by atoms with E-state index in [1.54, 1.807) is 29.1 Å². The summed E-state index contributed by atoms with van der Waals surface area (Å²) in [6.07, 6.45) is 2.27. The van der Waals surface area contributed by atoms with Crippen LogP contribution in [0.2, 0.25) is 0 Å². The van der Waals surface area contributed by atoms with Gasteiger partial charge in [0, 0.05) is 18.8 Å². The molecule has 1 unspecified atom stereocenters. The number of halogens is 1. The number of carbonyl (C=O) groups is 1. The van der Waals surface area contributed by atoms with Gasteiger partial charge in [-0.05, 0) is 42.7 Å². The van der Waals surface area contributed by atoms with Crippen molar-refractivity contribution in [1.82, 2.24) is 20.4 Å². The quantitative estimate of drug-likeness (QED) is 0.726. The summed E-state index contributed by atoms with van der Waals surface area (Å²) in [5, 5.41) is 19.0. The lowest BCUT2D eigenvalue weighted by Gasteiger charge is -2.21. The largest absolute Gasteiger partial charge is 0.396 e. The molecule has 1 aromatic carbocycles. The number of rotatable bonds is 7. The molecule has 24 heavy (non-hydrogen) atoms. The number of hydrogen-bond donors (Lipinski definition) is 3. The van der Waals surface area contributed by atoms with Crippen LogP contribution in [0.4, 0.5) is 9.18 Å². The molecule has 0 saturated carbocycles. The topological polar surface area (TPSA) is 79.2 Å². The zero-order valence-corrected chi connectivity index (χ0v) is 13.9. The molecule has 0 saturated heterocycles. The van der Waals surface area contributed by atoms with Crippen LogP contribution in [0.25, 0.3) is 5.69 Å². The molecule has 0 spiro atoms. The highest BCUT2D eigenvalue weighted by molar-refractivity contribution is 5.74. The van der Waals surface area contributed by atoms with Crippen molar-refractivity contribution < 1.29 is 14.3 Å². The third kappa shape index (κ3) is 5.06. The Morgan fingerprint density at radius 1 is 1.29 bits per heavy atom. The average Bonchev–Trinajstić information content (AvgIpc) is 3.02. The number of hydrogen-bond acceptors (Lipinski definition) is 3. The van der Waals surface area contributed by atoms with Crippen LogP contribution >= 0.6 is 0 Å². The van der Waals surface area contributed by atoms with Crippen molar-refractivity contribution in [3.8, 4) is 5.69 Å². The molecule has 0 aliphatic rings. The van der Waals surface area contributed by atoms with E-state index >= 15 is 0 Å². The van der Waals surface area contributed by atoms with E-state index in [-0.39, 0.29) is 37.0 Å². The molecule has 0 fully saturated rings. The average molecular weight is 334 g/mol. The fourth-order valence-corrected chi connectivity index (χ4v) is 2.30. The van der Waals surface area contributed by atoms with Crippen LogP contribution < -0.4 is 10.6 Å². The Bertz CT molecular complexity index is 655. The smallest absolute Gasteiger partial charge is 0.315 e. The van der Waals surface area contributed by atoms with Crippen LogP contribution in [0.5, 0.6) is 0 Å². The first-order valence-corrected chi connectivity index (χ1v) is 7.95. The number of aromatic nitrogens is 2. The van der Waals surface area contributed by atoms with Crippen molar-refractivity contribution in [2.45, 2.75) is 32.9 Å². The van der Waals surface area contributed by atoms with E-state index in [9.17, 15) is 9.18 Å². The molecule has 0 aliphatic heterocycles. The lowest BCUT2D eigenvalue weighted by Crippen LogP contribution is -2.44. The molecular formula is C17H23FN4O2. The molecule has 2 amide bonds. The van der Waals surface area contributed by atoms with Crippen molar-refractivity contribution in [3.63, 3.8) is 0 Å². The monoisotopic (exact) mass is 334 g/mol. The molecule has 0 aliphatic carbocycles. The molecule has 1 aromatic heterocycles. The van der Waals surface area contributed by atoms with Crippen LogP contribution in [-0.4, -0.2) is 33.6 Å². The van der Waals surface area contributed by atoms with Crippen molar-refractivity contribution >= 4 is 6.03 Å².